The molecule has 0 spiro atoms. The van der Waals surface area contributed by atoms with E-state index in [-0.39, 0.29) is 5.78 Å². The predicted molar refractivity (Wildman–Crippen MR) is 72.2 cm³/mol. The molecule has 0 aliphatic heterocycles. The Morgan fingerprint density at radius 1 is 1.33 bits per heavy atom. The second kappa shape index (κ2) is 7.62. The fourth-order valence-electron chi connectivity index (χ4n) is 1.16. The third kappa shape index (κ3) is 4.31. The van der Waals surface area contributed by atoms with Gasteiger partial charge in [-0.15, -0.1) is 0 Å². The Labute approximate surface area is 114 Å². The van der Waals surface area contributed by atoms with Crippen LogP contribution in [0.2, 0.25) is 0 Å². The van der Waals surface area contributed by atoms with Crippen LogP contribution in [0.1, 0.15) is 10.4 Å². The first kappa shape index (κ1) is 14.4. The number of hydroxylamine groups is 1. The minimum Gasteiger partial charge on any atom is -0.399 e. The zero-order chi connectivity index (χ0) is 13.4. The van der Waals surface area contributed by atoms with Crippen molar-refractivity contribution in [3.05, 3.63) is 46.1 Å². The molecule has 0 bridgehead atoms. The van der Waals surface area contributed by atoms with E-state index < -0.39 is 0 Å². The predicted octanol–water partition coefficient (Wildman–Crippen LogP) is 2.30. The molecular formula is C12H13BrN2O3. The molecule has 0 aliphatic rings. The van der Waals surface area contributed by atoms with E-state index in [4.69, 9.17) is 0 Å². The molecule has 1 aromatic rings. The average Bonchev–Trinajstić information content (AvgIpc) is 2.39. The van der Waals surface area contributed by atoms with E-state index in [1.807, 2.05) is 0 Å². The molecule has 5 nitrogen and oxygen atoms in total. The van der Waals surface area contributed by atoms with Crippen LogP contribution in [0.4, 0.5) is 0 Å². The second-order valence-electron chi connectivity index (χ2n) is 3.17. The molecule has 1 aromatic carbocycles. The van der Waals surface area contributed by atoms with Gasteiger partial charge in [-0.1, -0.05) is 21.1 Å². The minimum atomic E-state index is -0.187. The molecule has 0 atom stereocenters. The van der Waals surface area contributed by atoms with Crippen LogP contribution >= 0.6 is 15.9 Å². The van der Waals surface area contributed by atoms with Gasteiger partial charge in [-0.3, -0.25) is 15.1 Å². The van der Waals surface area contributed by atoms with E-state index in [2.05, 4.69) is 36.2 Å². The fraction of sp³-hybridized carbons (Fsp3) is 0.167. The number of allylic oxidation sites excluding steroid dienone is 1. The van der Waals surface area contributed by atoms with Crippen LogP contribution in [0.3, 0.4) is 0 Å². The van der Waals surface area contributed by atoms with Gasteiger partial charge in [0.25, 0.3) is 0 Å². The number of hydrogen-bond donors (Lipinski definition) is 1. The number of halogens is 1. The molecule has 1 N–H and O–H groups in total. The highest BCUT2D eigenvalue weighted by molar-refractivity contribution is 9.10. The molecule has 0 fully saturated rings. The van der Waals surface area contributed by atoms with Crippen LogP contribution in [0.25, 0.3) is 0 Å². The molecule has 6 heteroatoms. The van der Waals surface area contributed by atoms with E-state index in [1.54, 1.807) is 24.3 Å². The number of benzene rings is 1. The van der Waals surface area contributed by atoms with E-state index in [1.165, 1.54) is 26.6 Å². The quantitative estimate of drug-likeness (QED) is 0.379. The molecule has 18 heavy (non-hydrogen) atoms. The first-order chi connectivity index (χ1) is 8.69. The van der Waals surface area contributed by atoms with Crippen molar-refractivity contribution in [2.24, 2.45) is 5.16 Å². The Kier molecular flexibility index (Phi) is 6.10. The van der Waals surface area contributed by atoms with Gasteiger partial charge in [0.1, 0.15) is 7.11 Å². The van der Waals surface area contributed by atoms with Gasteiger partial charge >= 0.3 is 0 Å². The SMILES string of the molecule is CO/N=C/C(=C\NOC)C(=O)c1ccc(Br)cc1. The number of rotatable bonds is 6. The molecule has 1 rings (SSSR count). The van der Waals surface area contributed by atoms with E-state index in [0.717, 1.165) is 4.47 Å². The number of ketones is 1. The lowest BCUT2D eigenvalue weighted by Gasteiger charge is -2.03. The summed E-state index contributed by atoms with van der Waals surface area (Å²) in [6.45, 7) is 0. The summed E-state index contributed by atoms with van der Waals surface area (Å²) >= 11 is 3.31. The molecule has 0 unspecified atom stereocenters. The monoisotopic (exact) mass is 312 g/mol. The minimum absolute atomic E-state index is 0.187. The number of nitrogens with zero attached hydrogens (tertiary/aromatic N) is 1. The zero-order valence-corrected chi connectivity index (χ0v) is 11.6. The molecular weight excluding hydrogens is 300 g/mol. The maximum Gasteiger partial charge on any atom is 0.196 e. The van der Waals surface area contributed by atoms with Crippen molar-refractivity contribution in [3.8, 4) is 0 Å². The summed E-state index contributed by atoms with van der Waals surface area (Å²) in [5, 5.41) is 3.57. The van der Waals surface area contributed by atoms with Crippen LogP contribution in [0.15, 0.2) is 45.7 Å². The third-order valence-corrected chi connectivity index (χ3v) is 2.53. The number of oxime groups is 1. The van der Waals surface area contributed by atoms with Crippen molar-refractivity contribution in [3.63, 3.8) is 0 Å². The number of carbonyl (C=O) groups is 1. The van der Waals surface area contributed by atoms with Crippen molar-refractivity contribution in [1.29, 1.82) is 0 Å². The summed E-state index contributed by atoms with van der Waals surface area (Å²) in [5.41, 5.74) is 3.35. The number of carbonyl (C=O) groups excluding carboxylic acids is 1. The van der Waals surface area contributed by atoms with Gasteiger partial charge in [0.05, 0.1) is 18.9 Å². The van der Waals surface area contributed by atoms with Crippen LogP contribution in [-0.4, -0.2) is 26.2 Å². The van der Waals surface area contributed by atoms with Gasteiger partial charge in [-0.2, -0.15) is 0 Å². The topological polar surface area (TPSA) is 59.9 Å². The fourth-order valence-corrected chi connectivity index (χ4v) is 1.43. The lowest BCUT2D eigenvalue weighted by atomic mass is 10.1. The highest BCUT2D eigenvalue weighted by atomic mass is 79.9. The molecule has 0 amide bonds. The standard InChI is InChI=1S/C12H13BrN2O3/c1-17-14-7-10(8-15-18-2)12(16)9-3-5-11(13)6-4-9/h3-8,14H,1-2H3/b10-7+,15-8+. The first-order valence-electron chi connectivity index (χ1n) is 5.04. The first-order valence-corrected chi connectivity index (χ1v) is 5.83. The van der Waals surface area contributed by atoms with Crippen molar-refractivity contribution < 1.29 is 14.5 Å². The van der Waals surface area contributed by atoms with Crippen molar-refractivity contribution in [2.45, 2.75) is 0 Å². The van der Waals surface area contributed by atoms with Gasteiger partial charge in [0.2, 0.25) is 0 Å². The van der Waals surface area contributed by atoms with Crippen molar-refractivity contribution in [1.82, 2.24) is 5.48 Å². The lowest BCUT2D eigenvalue weighted by Crippen LogP contribution is -2.11. The smallest absolute Gasteiger partial charge is 0.196 e. The Morgan fingerprint density at radius 2 is 2.00 bits per heavy atom. The molecule has 96 valence electrons. The highest BCUT2D eigenvalue weighted by Crippen LogP contribution is 2.13. The van der Waals surface area contributed by atoms with Crippen LogP contribution < -0.4 is 5.48 Å². The van der Waals surface area contributed by atoms with Crippen molar-refractivity contribution >= 4 is 27.9 Å². The largest absolute Gasteiger partial charge is 0.399 e. The Hall–Kier alpha value is -1.66. The van der Waals surface area contributed by atoms with Crippen LogP contribution in [0.5, 0.6) is 0 Å². The molecule has 0 aliphatic carbocycles. The summed E-state index contributed by atoms with van der Waals surface area (Å²) in [7, 11) is 2.85. The molecule has 0 aromatic heterocycles. The van der Waals surface area contributed by atoms with Crippen LogP contribution in [0, 0.1) is 0 Å². The normalized spacial score (nSPS) is 11.6. The van der Waals surface area contributed by atoms with E-state index >= 15 is 0 Å². The number of hydrogen-bond acceptors (Lipinski definition) is 5. The zero-order valence-electron chi connectivity index (χ0n) is 10.0. The summed E-state index contributed by atoms with van der Waals surface area (Å²) in [6, 6.07) is 7.02. The maximum absolute atomic E-state index is 12.1. The number of Topliss-reactive ketones (excluding diaryl/α,β-unsaturated/α-hetero) is 1. The van der Waals surface area contributed by atoms with Gasteiger partial charge in [0.15, 0.2) is 5.78 Å². The Bertz CT molecular complexity index is 455. The molecule has 0 heterocycles. The van der Waals surface area contributed by atoms with E-state index in [9.17, 15) is 4.79 Å². The summed E-state index contributed by atoms with van der Waals surface area (Å²) in [4.78, 5) is 21.4. The summed E-state index contributed by atoms with van der Waals surface area (Å²) < 4.78 is 0.908. The van der Waals surface area contributed by atoms with E-state index in [0.29, 0.717) is 11.1 Å². The maximum atomic E-state index is 12.1. The van der Waals surface area contributed by atoms with Crippen molar-refractivity contribution in [2.75, 3.05) is 14.2 Å². The average molecular weight is 313 g/mol. The second-order valence-corrected chi connectivity index (χ2v) is 4.09. The van der Waals surface area contributed by atoms with Crippen LogP contribution in [-0.2, 0) is 9.68 Å². The van der Waals surface area contributed by atoms with Gasteiger partial charge in [0, 0.05) is 16.2 Å². The molecule has 0 saturated carbocycles. The number of nitrogens with one attached hydrogen (secondary N) is 1. The lowest BCUT2D eigenvalue weighted by molar-refractivity contribution is 0.102. The Balaban J connectivity index is 2.94. The molecule has 0 radical (unpaired) electrons. The van der Waals surface area contributed by atoms with Gasteiger partial charge in [-0.25, -0.2) is 0 Å². The molecule has 0 saturated heterocycles. The highest BCUT2D eigenvalue weighted by Gasteiger charge is 2.10. The summed E-state index contributed by atoms with van der Waals surface area (Å²) in [6.07, 6.45) is 2.73. The van der Waals surface area contributed by atoms with Gasteiger partial charge < -0.3 is 4.84 Å². The Morgan fingerprint density at radius 3 is 2.56 bits per heavy atom. The third-order valence-electron chi connectivity index (χ3n) is 2.00. The summed E-state index contributed by atoms with van der Waals surface area (Å²) in [5.74, 6) is -0.187. The van der Waals surface area contributed by atoms with Gasteiger partial charge in [-0.05, 0) is 24.3 Å².